The number of rotatable bonds is 5. The summed E-state index contributed by atoms with van der Waals surface area (Å²) in [4.78, 5) is 11.0. The van der Waals surface area contributed by atoms with Gasteiger partial charge in [0.15, 0.2) is 0 Å². The number of hydrogen-bond donors (Lipinski definition) is 1. The molecule has 0 aromatic carbocycles. The molecule has 5 heteroatoms. The Hall–Kier alpha value is -1.20. The average molecular weight is 250 g/mol. The molecule has 0 bridgehead atoms. The molecule has 2 rings (SSSR count). The number of nitrogens with zero attached hydrogens (tertiary/aromatic N) is 3. The molecule has 0 atom stereocenters. The second-order valence-corrected chi connectivity index (χ2v) is 4.90. The molecule has 0 aliphatic heterocycles. The molecule has 0 aliphatic rings. The maximum atomic E-state index is 5.57. The summed E-state index contributed by atoms with van der Waals surface area (Å²) in [5.74, 6) is 1.05. The Balaban J connectivity index is 2.39. The van der Waals surface area contributed by atoms with E-state index in [0.717, 1.165) is 30.8 Å². The van der Waals surface area contributed by atoms with E-state index in [1.54, 1.807) is 17.7 Å². The number of aryl methyl sites for hydroxylation is 1. The minimum atomic E-state index is 0.716. The Bertz CT molecular complexity index is 494. The van der Waals surface area contributed by atoms with Crippen LogP contribution in [0.4, 0.5) is 5.82 Å². The van der Waals surface area contributed by atoms with Gasteiger partial charge in [-0.05, 0) is 37.8 Å². The normalized spacial score (nSPS) is 11.0. The summed E-state index contributed by atoms with van der Waals surface area (Å²) in [6, 6.07) is 0. The first-order valence-electron chi connectivity index (χ1n) is 5.91. The van der Waals surface area contributed by atoms with Crippen LogP contribution in [0.2, 0.25) is 0 Å². The first-order valence-corrected chi connectivity index (χ1v) is 6.79. The Kier molecular flexibility index (Phi) is 3.91. The van der Waals surface area contributed by atoms with Crippen molar-refractivity contribution in [2.24, 2.45) is 5.73 Å². The summed E-state index contributed by atoms with van der Waals surface area (Å²) >= 11 is 1.72. The number of fused-ring (bicyclic) bond motifs is 1. The van der Waals surface area contributed by atoms with E-state index in [9.17, 15) is 0 Å². The topological polar surface area (TPSA) is 55.0 Å². The van der Waals surface area contributed by atoms with Crippen LogP contribution in [0.1, 0.15) is 18.9 Å². The van der Waals surface area contributed by atoms with Crippen molar-refractivity contribution in [2.75, 3.05) is 24.5 Å². The largest absolute Gasteiger partial charge is 0.356 e. The third kappa shape index (κ3) is 2.40. The molecule has 2 aromatic rings. The molecule has 0 spiro atoms. The van der Waals surface area contributed by atoms with Crippen LogP contribution in [0.5, 0.6) is 0 Å². The molecule has 0 unspecified atom stereocenters. The lowest BCUT2D eigenvalue weighted by molar-refractivity contribution is 0.747. The van der Waals surface area contributed by atoms with Gasteiger partial charge in [0.2, 0.25) is 0 Å². The monoisotopic (exact) mass is 250 g/mol. The Morgan fingerprint density at radius 2 is 2.24 bits per heavy atom. The van der Waals surface area contributed by atoms with Gasteiger partial charge in [0.1, 0.15) is 12.1 Å². The molecule has 92 valence electrons. The van der Waals surface area contributed by atoms with E-state index in [4.69, 9.17) is 5.73 Å². The lowest BCUT2D eigenvalue weighted by Gasteiger charge is -2.21. The molecular formula is C12H18N4S. The van der Waals surface area contributed by atoms with Crippen molar-refractivity contribution in [3.05, 3.63) is 17.3 Å². The quantitative estimate of drug-likeness (QED) is 0.883. The zero-order valence-electron chi connectivity index (χ0n) is 10.3. The lowest BCUT2D eigenvalue weighted by Crippen LogP contribution is -2.26. The van der Waals surface area contributed by atoms with Gasteiger partial charge < -0.3 is 10.6 Å². The molecule has 0 saturated carbocycles. The third-order valence-corrected chi connectivity index (χ3v) is 3.91. The van der Waals surface area contributed by atoms with E-state index in [1.807, 2.05) is 0 Å². The first-order chi connectivity index (χ1) is 8.27. The van der Waals surface area contributed by atoms with Crippen LogP contribution in [0, 0.1) is 6.92 Å². The van der Waals surface area contributed by atoms with E-state index in [1.165, 1.54) is 10.3 Å². The predicted molar refractivity (Wildman–Crippen MR) is 73.7 cm³/mol. The van der Waals surface area contributed by atoms with Gasteiger partial charge >= 0.3 is 0 Å². The molecule has 2 aromatic heterocycles. The van der Waals surface area contributed by atoms with E-state index in [2.05, 4.69) is 34.1 Å². The number of nitrogens with two attached hydrogens (primary N) is 1. The molecule has 2 heterocycles. The number of anilines is 1. The SMILES string of the molecule is CCN(CCCN)c1ncnc2c(C)csc12. The van der Waals surface area contributed by atoms with Crippen molar-refractivity contribution < 1.29 is 0 Å². The van der Waals surface area contributed by atoms with Gasteiger partial charge in [-0.2, -0.15) is 0 Å². The Labute approximate surface area is 105 Å². The van der Waals surface area contributed by atoms with Crippen molar-refractivity contribution in [1.29, 1.82) is 0 Å². The van der Waals surface area contributed by atoms with Gasteiger partial charge in [-0.25, -0.2) is 9.97 Å². The maximum Gasteiger partial charge on any atom is 0.150 e. The molecule has 17 heavy (non-hydrogen) atoms. The van der Waals surface area contributed by atoms with E-state index in [0.29, 0.717) is 6.54 Å². The van der Waals surface area contributed by atoms with Crippen LogP contribution in [-0.2, 0) is 0 Å². The second kappa shape index (κ2) is 5.42. The van der Waals surface area contributed by atoms with Crippen molar-refractivity contribution in [2.45, 2.75) is 20.3 Å². The van der Waals surface area contributed by atoms with Gasteiger partial charge in [-0.3, -0.25) is 0 Å². The average Bonchev–Trinajstić information content (AvgIpc) is 2.73. The van der Waals surface area contributed by atoms with Gasteiger partial charge in [-0.15, -0.1) is 11.3 Å². The van der Waals surface area contributed by atoms with Crippen LogP contribution in [0.3, 0.4) is 0 Å². The highest BCUT2D eigenvalue weighted by Gasteiger charge is 2.12. The number of aromatic nitrogens is 2. The Morgan fingerprint density at radius 1 is 1.41 bits per heavy atom. The summed E-state index contributed by atoms with van der Waals surface area (Å²) in [5, 5.41) is 2.14. The van der Waals surface area contributed by atoms with Crippen LogP contribution >= 0.6 is 11.3 Å². The lowest BCUT2D eigenvalue weighted by atomic mass is 10.3. The van der Waals surface area contributed by atoms with Gasteiger partial charge in [0, 0.05) is 13.1 Å². The van der Waals surface area contributed by atoms with E-state index >= 15 is 0 Å². The van der Waals surface area contributed by atoms with Crippen molar-refractivity contribution in [1.82, 2.24) is 9.97 Å². The van der Waals surface area contributed by atoms with Crippen molar-refractivity contribution in [3.63, 3.8) is 0 Å². The molecule has 0 amide bonds. The second-order valence-electron chi connectivity index (χ2n) is 4.02. The summed E-state index contributed by atoms with van der Waals surface area (Å²) in [7, 11) is 0. The highest BCUT2D eigenvalue weighted by molar-refractivity contribution is 7.18. The van der Waals surface area contributed by atoms with Gasteiger partial charge in [-0.1, -0.05) is 0 Å². The maximum absolute atomic E-state index is 5.57. The van der Waals surface area contributed by atoms with Crippen LogP contribution in [0.25, 0.3) is 10.2 Å². The zero-order valence-corrected chi connectivity index (χ0v) is 11.1. The Morgan fingerprint density at radius 3 is 2.94 bits per heavy atom. The smallest absolute Gasteiger partial charge is 0.150 e. The fourth-order valence-corrected chi connectivity index (χ4v) is 2.90. The molecule has 0 radical (unpaired) electrons. The van der Waals surface area contributed by atoms with E-state index < -0.39 is 0 Å². The fraction of sp³-hybridized carbons (Fsp3) is 0.500. The summed E-state index contributed by atoms with van der Waals surface area (Å²) in [6.07, 6.45) is 2.65. The van der Waals surface area contributed by atoms with Gasteiger partial charge in [0.25, 0.3) is 0 Å². The molecule has 4 nitrogen and oxygen atoms in total. The van der Waals surface area contributed by atoms with Crippen molar-refractivity contribution in [3.8, 4) is 0 Å². The summed E-state index contributed by atoms with van der Waals surface area (Å²) < 4.78 is 1.18. The van der Waals surface area contributed by atoms with Crippen LogP contribution < -0.4 is 10.6 Å². The first kappa shape index (κ1) is 12.3. The third-order valence-electron chi connectivity index (χ3n) is 2.83. The van der Waals surface area contributed by atoms with E-state index in [-0.39, 0.29) is 0 Å². The predicted octanol–water partition coefficient (Wildman–Crippen LogP) is 2.17. The summed E-state index contributed by atoms with van der Waals surface area (Å²) in [5.41, 5.74) is 7.87. The summed E-state index contributed by atoms with van der Waals surface area (Å²) in [6.45, 7) is 6.85. The highest BCUT2D eigenvalue weighted by atomic mass is 32.1. The van der Waals surface area contributed by atoms with Gasteiger partial charge in [0.05, 0.1) is 10.2 Å². The molecule has 0 saturated heterocycles. The molecule has 0 aliphatic carbocycles. The molecule has 0 fully saturated rings. The number of hydrogen-bond acceptors (Lipinski definition) is 5. The fourth-order valence-electron chi connectivity index (χ4n) is 1.88. The van der Waals surface area contributed by atoms with Crippen LogP contribution in [0.15, 0.2) is 11.7 Å². The van der Waals surface area contributed by atoms with Crippen LogP contribution in [-0.4, -0.2) is 29.6 Å². The molecule has 2 N–H and O–H groups in total. The highest BCUT2D eigenvalue weighted by Crippen LogP contribution is 2.30. The zero-order chi connectivity index (χ0) is 12.3. The minimum absolute atomic E-state index is 0.716. The standard InChI is InChI=1S/C12H18N4S/c1-3-16(6-4-5-13)12-11-10(14-8-15-12)9(2)7-17-11/h7-8H,3-6,13H2,1-2H3. The van der Waals surface area contributed by atoms with Crippen molar-refractivity contribution >= 4 is 27.4 Å². The minimum Gasteiger partial charge on any atom is -0.356 e. The number of thiophene rings is 1. The molecular weight excluding hydrogens is 232 g/mol.